The molecular formula is C13H18N4O2. The number of aromatic nitrogens is 3. The van der Waals surface area contributed by atoms with Crippen LogP contribution >= 0.6 is 0 Å². The number of anilines is 1. The second kappa shape index (κ2) is 5.26. The molecule has 102 valence electrons. The molecule has 2 N–H and O–H groups in total. The maximum atomic E-state index is 11.4. The van der Waals surface area contributed by atoms with Crippen LogP contribution in [-0.4, -0.2) is 32.4 Å². The number of nitrogens with zero attached hydrogens (tertiary/aromatic N) is 3. The van der Waals surface area contributed by atoms with Crippen LogP contribution in [0.4, 0.5) is 5.69 Å². The van der Waals surface area contributed by atoms with E-state index in [0.29, 0.717) is 17.9 Å². The predicted molar refractivity (Wildman–Crippen MR) is 73.7 cm³/mol. The zero-order valence-corrected chi connectivity index (χ0v) is 11.4. The van der Waals surface area contributed by atoms with Gasteiger partial charge in [0.05, 0.1) is 23.0 Å². The van der Waals surface area contributed by atoms with E-state index in [2.05, 4.69) is 15.4 Å². The third-order valence-electron chi connectivity index (χ3n) is 3.03. The molecule has 2 aromatic heterocycles. The molecule has 6 heteroatoms. The van der Waals surface area contributed by atoms with Crippen LogP contribution in [0, 0.1) is 6.92 Å². The number of hydrogen-bond acceptors (Lipinski definition) is 4. The SMILES string of the molecule is CCCNc1c(C(=O)O)c(C)nc2c1cnn2CC. The second-order valence-corrected chi connectivity index (χ2v) is 4.38. The largest absolute Gasteiger partial charge is 0.478 e. The number of carboxylic acid groups (broad SMARTS) is 1. The molecule has 0 amide bonds. The van der Waals surface area contributed by atoms with Crippen molar-refractivity contribution in [2.75, 3.05) is 11.9 Å². The first-order chi connectivity index (χ1) is 9.10. The molecule has 0 saturated heterocycles. The molecule has 0 bridgehead atoms. The quantitative estimate of drug-likeness (QED) is 0.864. The van der Waals surface area contributed by atoms with Gasteiger partial charge in [-0.2, -0.15) is 5.10 Å². The molecule has 0 unspecified atom stereocenters. The lowest BCUT2D eigenvalue weighted by Crippen LogP contribution is -2.11. The van der Waals surface area contributed by atoms with Crippen LogP contribution in [0.3, 0.4) is 0 Å². The Morgan fingerprint density at radius 3 is 2.79 bits per heavy atom. The molecule has 0 aliphatic carbocycles. The first kappa shape index (κ1) is 13.3. The fourth-order valence-electron chi connectivity index (χ4n) is 2.13. The van der Waals surface area contributed by atoms with Gasteiger partial charge in [-0.3, -0.25) is 0 Å². The molecule has 2 aromatic rings. The Morgan fingerprint density at radius 2 is 2.21 bits per heavy atom. The van der Waals surface area contributed by atoms with Gasteiger partial charge in [0.25, 0.3) is 0 Å². The van der Waals surface area contributed by atoms with Gasteiger partial charge in [-0.15, -0.1) is 0 Å². The molecule has 0 radical (unpaired) electrons. The Balaban J connectivity index is 2.71. The van der Waals surface area contributed by atoms with Gasteiger partial charge < -0.3 is 10.4 Å². The number of fused-ring (bicyclic) bond motifs is 1. The van der Waals surface area contributed by atoms with Gasteiger partial charge in [0.2, 0.25) is 0 Å². The zero-order valence-electron chi connectivity index (χ0n) is 11.4. The van der Waals surface area contributed by atoms with Gasteiger partial charge >= 0.3 is 5.97 Å². The molecule has 2 rings (SSSR count). The van der Waals surface area contributed by atoms with Crippen molar-refractivity contribution in [1.29, 1.82) is 0 Å². The summed E-state index contributed by atoms with van der Waals surface area (Å²) in [6.45, 7) is 7.15. The average molecular weight is 262 g/mol. The van der Waals surface area contributed by atoms with E-state index in [-0.39, 0.29) is 5.56 Å². The van der Waals surface area contributed by atoms with Crippen molar-refractivity contribution in [3.05, 3.63) is 17.5 Å². The van der Waals surface area contributed by atoms with Gasteiger partial charge in [0, 0.05) is 13.1 Å². The maximum absolute atomic E-state index is 11.4. The maximum Gasteiger partial charge on any atom is 0.339 e. The number of carbonyl (C=O) groups is 1. The normalized spacial score (nSPS) is 10.9. The van der Waals surface area contributed by atoms with Crippen LogP contribution in [0.1, 0.15) is 36.3 Å². The van der Waals surface area contributed by atoms with E-state index in [0.717, 1.165) is 24.0 Å². The van der Waals surface area contributed by atoms with Crippen molar-refractivity contribution >= 4 is 22.7 Å². The number of hydrogen-bond donors (Lipinski definition) is 2. The van der Waals surface area contributed by atoms with Crippen LogP contribution < -0.4 is 5.32 Å². The summed E-state index contributed by atoms with van der Waals surface area (Å²) in [5.41, 5.74) is 2.09. The molecular weight excluding hydrogens is 244 g/mol. The molecule has 19 heavy (non-hydrogen) atoms. The van der Waals surface area contributed by atoms with Crippen molar-refractivity contribution in [1.82, 2.24) is 14.8 Å². The van der Waals surface area contributed by atoms with Crippen LogP contribution in [0.2, 0.25) is 0 Å². The summed E-state index contributed by atoms with van der Waals surface area (Å²) in [5, 5.41) is 17.6. The average Bonchev–Trinajstić information content (AvgIpc) is 2.77. The van der Waals surface area contributed by atoms with E-state index < -0.39 is 5.97 Å². The summed E-state index contributed by atoms with van der Waals surface area (Å²) < 4.78 is 1.77. The van der Waals surface area contributed by atoms with Crippen molar-refractivity contribution in [2.45, 2.75) is 33.7 Å². The van der Waals surface area contributed by atoms with E-state index in [1.807, 2.05) is 13.8 Å². The molecule has 6 nitrogen and oxygen atoms in total. The van der Waals surface area contributed by atoms with E-state index in [1.165, 1.54) is 0 Å². The fourth-order valence-corrected chi connectivity index (χ4v) is 2.13. The molecule has 0 aliphatic heterocycles. The summed E-state index contributed by atoms with van der Waals surface area (Å²) in [6, 6.07) is 0. The van der Waals surface area contributed by atoms with E-state index in [1.54, 1.807) is 17.8 Å². The minimum Gasteiger partial charge on any atom is -0.478 e. The van der Waals surface area contributed by atoms with Crippen molar-refractivity contribution in [2.24, 2.45) is 0 Å². The molecule has 0 saturated carbocycles. The molecule has 0 aliphatic rings. The third-order valence-corrected chi connectivity index (χ3v) is 3.03. The second-order valence-electron chi connectivity index (χ2n) is 4.38. The first-order valence-electron chi connectivity index (χ1n) is 6.43. The lowest BCUT2D eigenvalue weighted by Gasteiger charge is -2.12. The highest BCUT2D eigenvalue weighted by Gasteiger charge is 2.20. The smallest absolute Gasteiger partial charge is 0.339 e. The predicted octanol–water partition coefficient (Wildman–Crippen LogP) is 2.28. The summed E-state index contributed by atoms with van der Waals surface area (Å²) >= 11 is 0. The molecule has 0 aromatic carbocycles. The monoisotopic (exact) mass is 262 g/mol. The lowest BCUT2D eigenvalue weighted by molar-refractivity contribution is 0.0697. The van der Waals surface area contributed by atoms with Gasteiger partial charge in [0.15, 0.2) is 5.65 Å². The minimum atomic E-state index is -0.963. The number of nitrogens with one attached hydrogen (secondary N) is 1. The van der Waals surface area contributed by atoms with E-state index >= 15 is 0 Å². The zero-order chi connectivity index (χ0) is 14.0. The Hall–Kier alpha value is -2.11. The fraction of sp³-hybridized carbons (Fsp3) is 0.462. The molecule has 0 spiro atoms. The molecule has 0 fully saturated rings. The number of pyridine rings is 1. The summed E-state index contributed by atoms with van der Waals surface area (Å²) in [4.78, 5) is 15.8. The highest BCUT2D eigenvalue weighted by atomic mass is 16.4. The van der Waals surface area contributed by atoms with Crippen molar-refractivity contribution < 1.29 is 9.90 Å². The number of rotatable bonds is 5. The van der Waals surface area contributed by atoms with E-state index in [4.69, 9.17) is 0 Å². The standard InChI is InChI=1S/C13H18N4O2/c1-4-6-14-11-9-7-15-17(5-2)12(9)16-8(3)10(11)13(18)19/h7H,4-6H2,1-3H3,(H,14,16)(H,18,19). The Bertz CT molecular complexity index is 619. The van der Waals surface area contributed by atoms with Gasteiger partial charge in [-0.05, 0) is 20.3 Å². The van der Waals surface area contributed by atoms with Crippen molar-refractivity contribution in [3.8, 4) is 0 Å². The van der Waals surface area contributed by atoms with Crippen LogP contribution in [0.15, 0.2) is 6.20 Å². The van der Waals surface area contributed by atoms with Crippen molar-refractivity contribution in [3.63, 3.8) is 0 Å². The highest BCUT2D eigenvalue weighted by Crippen LogP contribution is 2.28. The van der Waals surface area contributed by atoms with E-state index in [9.17, 15) is 9.90 Å². The minimum absolute atomic E-state index is 0.233. The molecule has 0 atom stereocenters. The van der Waals surface area contributed by atoms with Crippen LogP contribution in [0.5, 0.6) is 0 Å². The lowest BCUT2D eigenvalue weighted by atomic mass is 10.1. The van der Waals surface area contributed by atoms with Gasteiger partial charge in [-0.1, -0.05) is 6.92 Å². The van der Waals surface area contributed by atoms with Crippen LogP contribution in [-0.2, 0) is 6.54 Å². The molecule has 2 heterocycles. The van der Waals surface area contributed by atoms with Gasteiger partial charge in [0.1, 0.15) is 5.56 Å². The number of aryl methyl sites for hydroxylation is 2. The number of carboxylic acids is 1. The number of aromatic carboxylic acids is 1. The Morgan fingerprint density at radius 1 is 1.47 bits per heavy atom. The summed E-state index contributed by atoms with van der Waals surface area (Å²) in [6.07, 6.45) is 2.60. The van der Waals surface area contributed by atoms with Crippen LogP contribution in [0.25, 0.3) is 11.0 Å². The first-order valence-corrected chi connectivity index (χ1v) is 6.43. The topological polar surface area (TPSA) is 80.0 Å². The summed E-state index contributed by atoms with van der Waals surface area (Å²) in [5.74, 6) is -0.963. The Kier molecular flexibility index (Phi) is 3.69. The van der Waals surface area contributed by atoms with Gasteiger partial charge in [-0.25, -0.2) is 14.5 Å². The highest BCUT2D eigenvalue weighted by molar-refractivity contribution is 6.04. The third kappa shape index (κ3) is 2.25. The Labute approximate surface area is 111 Å². The summed E-state index contributed by atoms with van der Waals surface area (Å²) in [7, 11) is 0.